The molecule has 0 radical (unpaired) electrons. The fourth-order valence-corrected chi connectivity index (χ4v) is 0.882. The Labute approximate surface area is 87.3 Å². The van der Waals surface area contributed by atoms with Gasteiger partial charge in [-0.1, -0.05) is 0 Å². The lowest BCUT2D eigenvalue weighted by Crippen LogP contribution is -2.16. The minimum atomic E-state index is -0.524. The monoisotopic (exact) mass is 211 g/mol. The highest BCUT2D eigenvalue weighted by molar-refractivity contribution is 5.86. The van der Waals surface area contributed by atoms with Crippen LogP contribution in [0.3, 0.4) is 0 Å². The third-order valence-corrected chi connectivity index (χ3v) is 1.62. The van der Waals surface area contributed by atoms with Gasteiger partial charge in [-0.25, -0.2) is 14.8 Å². The van der Waals surface area contributed by atoms with Crippen LogP contribution in [0.4, 0.5) is 5.82 Å². The molecule has 15 heavy (non-hydrogen) atoms. The number of carbonyl (C=O) groups excluding carboxylic acids is 1. The largest absolute Gasteiger partial charge is 0.464 e. The van der Waals surface area contributed by atoms with E-state index in [1.807, 2.05) is 0 Å². The molecule has 1 atom stereocenters. The average Bonchev–Trinajstić information content (AvgIpc) is 2.26. The molecule has 0 aliphatic heterocycles. The molecule has 0 aliphatic carbocycles. The Bertz CT molecular complexity index is 324. The van der Waals surface area contributed by atoms with Crippen LogP contribution in [0.25, 0.3) is 0 Å². The molecule has 82 valence electrons. The molecule has 1 heterocycles. The number of esters is 1. The van der Waals surface area contributed by atoms with Crippen LogP contribution in [0.5, 0.6) is 0 Å². The molecule has 0 saturated carbocycles. The van der Waals surface area contributed by atoms with Gasteiger partial charge in [0.2, 0.25) is 0 Å². The smallest absolute Gasteiger partial charge is 0.358 e. The Morgan fingerprint density at radius 2 is 2.33 bits per heavy atom. The second-order valence-electron chi connectivity index (χ2n) is 3.01. The summed E-state index contributed by atoms with van der Waals surface area (Å²) < 4.78 is 4.47. The molecule has 0 saturated heterocycles. The summed E-state index contributed by atoms with van der Waals surface area (Å²) in [6, 6.07) is 0. The number of aliphatic hydroxyl groups is 1. The first-order chi connectivity index (χ1) is 7.13. The Morgan fingerprint density at radius 3 is 2.80 bits per heavy atom. The molecule has 1 aromatic heterocycles. The van der Waals surface area contributed by atoms with Gasteiger partial charge in [-0.05, 0) is 6.92 Å². The Hall–Kier alpha value is -1.69. The van der Waals surface area contributed by atoms with Crippen molar-refractivity contribution in [3.8, 4) is 0 Å². The molecule has 6 heteroatoms. The van der Waals surface area contributed by atoms with Gasteiger partial charge >= 0.3 is 5.97 Å². The van der Waals surface area contributed by atoms with E-state index in [0.29, 0.717) is 12.4 Å². The highest BCUT2D eigenvalue weighted by atomic mass is 16.5. The quantitative estimate of drug-likeness (QED) is 0.685. The lowest BCUT2D eigenvalue weighted by Gasteiger charge is -2.06. The van der Waals surface area contributed by atoms with Gasteiger partial charge in [0.05, 0.1) is 25.6 Å². The Morgan fingerprint density at radius 1 is 1.60 bits per heavy atom. The van der Waals surface area contributed by atoms with Crippen LogP contribution < -0.4 is 5.32 Å². The molecule has 1 unspecified atom stereocenters. The molecule has 1 aromatic rings. The fraction of sp³-hybridized carbons (Fsp3) is 0.444. The lowest BCUT2D eigenvalue weighted by atomic mass is 10.4. The number of anilines is 1. The van der Waals surface area contributed by atoms with Crippen molar-refractivity contribution in [1.82, 2.24) is 9.97 Å². The zero-order valence-corrected chi connectivity index (χ0v) is 8.60. The van der Waals surface area contributed by atoms with E-state index in [-0.39, 0.29) is 5.69 Å². The minimum Gasteiger partial charge on any atom is -0.464 e. The first kappa shape index (κ1) is 11.4. The van der Waals surface area contributed by atoms with Crippen LogP contribution in [0.2, 0.25) is 0 Å². The average molecular weight is 211 g/mol. The normalized spacial score (nSPS) is 11.9. The second kappa shape index (κ2) is 5.26. The first-order valence-electron chi connectivity index (χ1n) is 4.45. The van der Waals surface area contributed by atoms with Crippen molar-refractivity contribution in [3.63, 3.8) is 0 Å². The molecule has 0 aliphatic rings. The van der Waals surface area contributed by atoms with E-state index in [4.69, 9.17) is 5.11 Å². The SMILES string of the molecule is COC(=O)c1cnc(NCC(C)O)cn1. The summed E-state index contributed by atoms with van der Waals surface area (Å²) in [6.45, 7) is 2.04. The van der Waals surface area contributed by atoms with Gasteiger partial charge in [0.1, 0.15) is 5.82 Å². The van der Waals surface area contributed by atoms with Gasteiger partial charge in [-0.15, -0.1) is 0 Å². The molecule has 0 fully saturated rings. The number of nitrogens with zero attached hydrogens (tertiary/aromatic N) is 2. The van der Waals surface area contributed by atoms with Gasteiger partial charge < -0.3 is 15.2 Å². The predicted octanol–water partition coefficient (Wildman–Crippen LogP) is 0.0559. The molecule has 0 spiro atoms. The number of methoxy groups -OCH3 is 1. The minimum absolute atomic E-state index is 0.153. The number of rotatable bonds is 4. The van der Waals surface area contributed by atoms with Gasteiger partial charge in [0, 0.05) is 6.54 Å². The first-order valence-corrected chi connectivity index (χ1v) is 4.45. The van der Waals surface area contributed by atoms with Crippen LogP contribution in [0.15, 0.2) is 12.4 Å². The van der Waals surface area contributed by atoms with Crippen molar-refractivity contribution in [2.45, 2.75) is 13.0 Å². The third-order valence-electron chi connectivity index (χ3n) is 1.62. The van der Waals surface area contributed by atoms with Gasteiger partial charge in [-0.3, -0.25) is 0 Å². The molecule has 0 bridgehead atoms. The van der Waals surface area contributed by atoms with Crippen LogP contribution >= 0.6 is 0 Å². The summed E-state index contributed by atoms with van der Waals surface area (Å²) in [6.07, 6.45) is 2.26. The molecule has 6 nitrogen and oxygen atoms in total. The van der Waals surface area contributed by atoms with Crippen molar-refractivity contribution in [1.29, 1.82) is 0 Å². The maximum atomic E-state index is 11.0. The summed E-state index contributed by atoms with van der Waals surface area (Å²) in [5.41, 5.74) is 0.153. The Balaban J connectivity index is 2.60. The number of carbonyl (C=O) groups is 1. The molecular formula is C9H13N3O3. The van der Waals surface area contributed by atoms with E-state index in [2.05, 4.69) is 20.0 Å². The number of hydrogen-bond donors (Lipinski definition) is 2. The topological polar surface area (TPSA) is 84.3 Å². The van der Waals surface area contributed by atoms with Crippen molar-refractivity contribution in [2.75, 3.05) is 19.0 Å². The highest BCUT2D eigenvalue weighted by Gasteiger charge is 2.07. The van der Waals surface area contributed by atoms with Crippen LogP contribution in [0.1, 0.15) is 17.4 Å². The standard InChI is InChI=1S/C9H13N3O3/c1-6(13)3-11-8-5-10-7(4-12-8)9(14)15-2/h4-6,13H,3H2,1-2H3,(H,11,12). The highest BCUT2D eigenvalue weighted by Crippen LogP contribution is 2.02. The number of aliphatic hydroxyl groups excluding tert-OH is 1. The third kappa shape index (κ3) is 3.51. The number of nitrogens with one attached hydrogen (secondary N) is 1. The summed E-state index contributed by atoms with van der Waals surface area (Å²) in [5, 5.41) is 11.9. The van der Waals surface area contributed by atoms with Crippen LogP contribution in [-0.4, -0.2) is 40.8 Å². The fourth-order valence-electron chi connectivity index (χ4n) is 0.882. The van der Waals surface area contributed by atoms with Crippen LogP contribution in [-0.2, 0) is 4.74 Å². The van der Waals surface area contributed by atoms with E-state index < -0.39 is 12.1 Å². The van der Waals surface area contributed by atoms with E-state index in [0.717, 1.165) is 0 Å². The van der Waals surface area contributed by atoms with Gasteiger partial charge in [-0.2, -0.15) is 0 Å². The van der Waals surface area contributed by atoms with Gasteiger partial charge in [0.15, 0.2) is 5.69 Å². The van der Waals surface area contributed by atoms with E-state index in [1.54, 1.807) is 6.92 Å². The predicted molar refractivity (Wildman–Crippen MR) is 53.5 cm³/mol. The van der Waals surface area contributed by atoms with Crippen molar-refractivity contribution < 1.29 is 14.6 Å². The number of hydrogen-bond acceptors (Lipinski definition) is 6. The number of aromatic nitrogens is 2. The maximum absolute atomic E-state index is 11.0. The molecule has 0 aromatic carbocycles. The molecule has 1 rings (SSSR count). The van der Waals surface area contributed by atoms with Crippen molar-refractivity contribution in [2.24, 2.45) is 0 Å². The molecule has 2 N–H and O–H groups in total. The van der Waals surface area contributed by atoms with Crippen LogP contribution in [0, 0.1) is 0 Å². The summed E-state index contributed by atoms with van der Waals surface area (Å²) in [4.78, 5) is 18.8. The van der Waals surface area contributed by atoms with E-state index in [1.165, 1.54) is 19.5 Å². The lowest BCUT2D eigenvalue weighted by molar-refractivity contribution is 0.0593. The second-order valence-corrected chi connectivity index (χ2v) is 3.01. The van der Waals surface area contributed by atoms with Crippen molar-refractivity contribution in [3.05, 3.63) is 18.1 Å². The van der Waals surface area contributed by atoms with E-state index >= 15 is 0 Å². The molecule has 0 amide bonds. The van der Waals surface area contributed by atoms with Crippen molar-refractivity contribution >= 4 is 11.8 Å². The zero-order valence-electron chi connectivity index (χ0n) is 8.60. The number of ether oxygens (including phenoxy) is 1. The molecular weight excluding hydrogens is 198 g/mol. The summed E-state index contributed by atoms with van der Waals surface area (Å²) in [7, 11) is 1.28. The summed E-state index contributed by atoms with van der Waals surface area (Å²) >= 11 is 0. The zero-order chi connectivity index (χ0) is 11.3. The maximum Gasteiger partial charge on any atom is 0.358 e. The Kier molecular flexibility index (Phi) is 3.99. The van der Waals surface area contributed by atoms with Gasteiger partial charge in [0.25, 0.3) is 0 Å². The summed E-state index contributed by atoms with van der Waals surface area (Å²) in [5.74, 6) is -0.0203. The van der Waals surface area contributed by atoms with E-state index in [9.17, 15) is 4.79 Å².